The molecule has 0 aromatic rings. The third kappa shape index (κ3) is 16.6. The summed E-state index contributed by atoms with van der Waals surface area (Å²) in [5, 5.41) is 27.1. The van der Waals surface area contributed by atoms with Crippen molar-refractivity contribution in [3.63, 3.8) is 0 Å². The fourth-order valence-electron chi connectivity index (χ4n) is 4.24. The molecule has 1 rings (SSSR count). The van der Waals surface area contributed by atoms with Crippen LogP contribution in [-0.4, -0.2) is 98.6 Å². The Hall–Kier alpha value is -2.24. The lowest BCUT2D eigenvalue weighted by molar-refractivity contribution is -0.145. The second kappa shape index (κ2) is 21.7. The quantitative estimate of drug-likeness (QED) is 0.162. The number of unbranched alkanes of at least 4 members (excludes halogenated alkanes) is 4. The van der Waals surface area contributed by atoms with Gasteiger partial charge in [0.2, 0.25) is 0 Å². The minimum Gasteiger partial charge on any atom is -0.464 e. The van der Waals surface area contributed by atoms with Gasteiger partial charge in [0, 0.05) is 45.1 Å². The van der Waals surface area contributed by atoms with E-state index in [2.05, 4.69) is 21.9 Å². The topological polar surface area (TPSA) is 136 Å². The van der Waals surface area contributed by atoms with Crippen LogP contribution in [0.2, 0.25) is 0 Å². The van der Waals surface area contributed by atoms with Crippen molar-refractivity contribution in [2.45, 2.75) is 77.7 Å². The van der Waals surface area contributed by atoms with E-state index in [1.807, 2.05) is 0 Å². The molecule has 1 aliphatic heterocycles. The number of nitrogens with zero attached hydrogens (tertiary/aromatic N) is 4. The molecule has 216 valence electrons. The van der Waals surface area contributed by atoms with Crippen LogP contribution in [0.25, 0.3) is 0 Å². The highest BCUT2D eigenvalue weighted by atomic mass is 16.5. The van der Waals surface area contributed by atoms with Crippen LogP contribution in [0.1, 0.15) is 71.6 Å². The minimum absolute atomic E-state index is 0.128. The van der Waals surface area contributed by atoms with Gasteiger partial charge in [0.1, 0.15) is 13.2 Å². The van der Waals surface area contributed by atoms with Gasteiger partial charge in [0.15, 0.2) is 0 Å². The molecule has 3 unspecified atom stereocenters. The first-order chi connectivity index (χ1) is 18.4. The summed E-state index contributed by atoms with van der Waals surface area (Å²) in [6.45, 7) is 9.60. The van der Waals surface area contributed by atoms with Crippen molar-refractivity contribution in [2.24, 2.45) is 11.8 Å². The molecule has 1 N–H and O–H groups in total. The highest BCUT2D eigenvalue weighted by Gasteiger charge is 2.23. The lowest BCUT2D eigenvalue weighted by Gasteiger charge is -2.30. The predicted molar refractivity (Wildman–Crippen MR) is 143 cm³/mol. The Morgan fingerprint density at radius 3 is 1.87 bits per heavy atom. The van der Waals surface area contributed by atoms with Crippen LogP contribution in [0.5, 0.6) is 0 Å². The van der Waals surface area contributed by atoms with Crippen LogP contribution >= 0.6 is 0 Å². The highest BCUT2D eigenvalue weighted by Crippen LogP contribution is 2.13. The fourth-order valence-corrected chi connectivity index (χ4v) is 4.24. The second-order valence-electron chi connectivity index (χ2n) is 10.2. The molecular weight excluding hydrogens is 488 g/mol. The van der Waals surface area contributed by atoms with Crippen LogP contribution in [0.4, 0.5) is 0 Å². The van der Waals surface area contributed by atoms with Crippen molar-refractivity contribution in [3.05, 3.63) is 0 Å². The van der Waals surface area contributed by atoms with Gasteiger partial charge in [-0.05, 0) is 59.0 Å². The number of esters is 2. The second-order valence-corrected chi connectivity index (χ2v) is 10.2. The molecule has 0 aromatic carbocycles. The van der Waals surface area contributed by atoms with Gasteiger partial charge in [-0.25, -0.2) is 0 Å². The summed E-state index contributed by atoms with van der Waals surface area (Å²) in [5.41, 5.74) is 0. The molecule has 10 heteroatoms. The smallest absolute Gasteiger partial charge is 0.305 e. The van der Waals surface area contributed by atoms with E-state index in [4.69, 9.17) is 24.7 Å². The first kappa shape index (κ1) is 33.8. The van der Waals surface area contributed by atoms with Gasteiger partial charge in [-0.15, -0.1) is 0 Å². The van der Waals surface area contributed by atoms with Crippen LogP contribution in [0.15, 0.2) is 0 Å². The number of carbonyl (C=O) groups excluding carboxylic acids is 2. The van der Waals surface area contributed by atoms with E-state index in [-0.39, 0.29) is 43.6 Å². The first-order valence-electron chi connectivity index (χ1n) is 14.1. The van der Waals surface area contributed by atoms with Crippen LogP contribution in [-0.2, 0) is 23.8 Å². The number of ether oxygens (including phenoxy) is 3. The summed E-state index contributed by atoms with van der Waals surface area (Å²) in [7, 11) is 0. The van der Waals surface area contributed by atoms with E-state index in [0.717, 1.165) is 77.7 Å². The van der Waals surface area contributed by atoms with Crippen molar-refractivity contribution in [3.8, 4) is 12.1 Å². The minimum atomic E-state index is -0.286. The lowest BCUT2D eigenvalue weighted by atomic mass is 10.1. The van der Waals surface area contributed by atoms with E-state index in [0.29, 0.717) is 32.0 Å². The third-order valence-electron chi connectivity index (χ3n) is 6.65. The number of hydrogen-bond acceptors (Lipinski definition) is 10. The Kier molecular flexibility index (Phi) is 19.3. The lowest BCUT2D eigenvalue weighted by Crippen LogP contribution is -2.43. The zero-order chi connectivity index (χ0) is 28.0. The summed E-state index contributed by atoms with van der Waals surface area (Å²) in [5.74, 6) is -1.07. The molecule has 0 radical (unpaired) electrons. The summed E-state index contributed by atoms with van der Waals surface area (Å²) in [6, 6.07) is 4.47. The Bertz CT molecular complexity index is 686. The molecule has 0 aliphatic carbocycles. The van der Waals surface area contributed by atoms with Gasteiger partial charge in [-0.1, -0.05) is 12.8 Å². The largest absolute Gasteiger partial charge is 0.464 e. The van der Waals surface area contributed by atoms with Crippen molar-refractivity contribution < 1.29 is 28.9 Å². The van der Waals surface area contributed by atoms with Crippen LogP contribution in [0.3, 0.4) is 0 Å². The molecule has 0 saturated carbocycles. The Balaban J connectivity index is 2.40. The average Bonchev–Trinajstić information content (AvgIpc) is 3.46. The Labute approximate surface area is 228 Å². The summed E-state index contributed by atoms with van der Waals surface area (Å²) in [6.07, 6.45) is 7.03. The van der Waals surface area contributed by atoms with E-state index < -0.39 is 0 Å². The molecule has 3 atom stereocenters. The zero-order valence-electron chi connectivity index (χ0n) is 23.4. The standard InChI is InChI=1S/C28H48N4O6/c1-24(19-29)21-37-27(34)9-5-3-7-12-31(14-15-32(16-17-33)26-11-18-36-23-26)13-8-4-6-10-28(35)38-22-25(2)20-30/h24-26,33H,3-18,21-23H2,1-2H3. The molecule has 0 amide bonds. The van der Waals surface area contributed by atoms with Crippen molar-refractivity contribution in [1.29, 1.82) is 10.5 Å². The number of hydrogen-bond donors (Lipinski definition) is 1. The van der Waals surface area contributed by atoms with E-state index >= 15 is 0 Å². The van der Waals surface area contributed by atoms with Gasteiger partial charge >= 0.3 is 11.9 Å². The van der Waals surface area contributed by atoms with Gasteiger partial charge < -0.3 is 24.2 Å². The molecule has 38 heavy (non-hydrogen) atoms. The molecule has 0 bridgehead atoms. The molecule has 0 aromatic heterocycles. The van der Waals surface area contributed by atoms with E-state index in [9.17, 15) is 14.7 Å². The van der Waals surface area contributed by atoms with Crippen molar-refractivity contribution in [1.82, 2.24) is 9.80 Å². The molecule has 1 saturated heterocycles. The molecule has 0 spiro atoms. The summed E-state index contributed by atoms with van der Waals surface area (Å²) >= 11 is 0. The number of aliphatic hydroxyl groups excluding tert-OH is 1. The fraction of sp³-hybridized carbons (Fsp3) is 0.857. The van der Waals surface area contributed by atoms with Gasteiger partial charge in [0.25, 0.3) is 0 Å². The molecule has 1 fully saturated rings. The number of carbonyl (C=O) groups is 2. The monoisotopic (exact) mass is 536 g/mol. The molecule has 1 aliphatic rings. The molecule has 1 heterocycles. The van der Waals surface area contributed by atoms with Crippen molar-refractivity contribution >= 4 is 11.9 Å². The highest BCUT2D eigenvalue weighted by molar-refractivity contribution is 5.69. The van der Waals surface area contributed by atoms with Crippen LogP contribution < -0.4 is 0 Å². The zero-order valence-corrected chi connectivity index (χ0v) is 23.4. The maximum atomic E-state index is 11.8. The van der Waals surface area contributed by atoms with E-state index in [1.54, 1.807) is 13.8 Å². The van der Waals surface area contributed by atoms with Crippen molar-refractivity contribution in [2.75, 3.05) is 65.8 Å². The number of rotatable bonds is 22. The normalized spacial score (nSPS) is 16.7. The number of aliphatic hydroxyl groups is 1. The predicted octanol–water partition coefficient (Wildman–Crippen LogP) is 2.90. The van der Waals surface area contributed by atoms with Gasteiger partial charge in [-0.2, -0.15) is 10.5 Å². The van der Waals surface area contributed by atoms with E-state index in [1.165, 1.54) is 0 Å². The maximum absolute atomic E-state index is 11.8. The Morgan fingerprint density at radius 1 is 0.868 bits per heavy atom. The Morgan fingerprint density at radius 2 is 1.42 bits per heavy atom. The average molecular weight is 537 g/mol. The summed E-state index contributed by atoms with van der Waals surface area (Å²) in [4.78, 5) is 28.4. The van der Waals surface area contributed by atoms with Gasteiger partial charge in [0.05, 0.1) is 37.2 Å². The first-order valence-corrected chi connectivity index (χ1v) is 14.1. The van der Waals surface area contributed by atoms with Gasteiger partial charge in [-0.3, -0.25) is 14.5 Å². The SMILES string of the molecule is CC(C#N)COC(=O)CCCCCN(CCCCCC(=O)OCC(C)C#N)CCN(CCO)C1CCOC1. The summed E-state index contributed by atoms with van der Waals surface area (Å²) < 4.78 is 15.8. The molecular formula is C28H48N4O6. The number of nitriles is 2. The molecule has 10 nitrogen and oxygen atoms in total. The third-order valence-corrected chi connectivity index (χ3v) is 6.65. The van der Waals surface area contributed by atoms with Crippen LogP contribution in [0, 0.1) is 34.5 Å². The maximum Gasteiger partial charge on any atom is 0.305 e.